The number of rotatable bonds is 6. The van der Waals surface area contributed by atoms with Crippen LogP contribution in [0.15, 0.2) is 53.1 Å². The van der Waals surface area contributed by atoms with Crippen molar-refractivity contribution >= 4 is 32.7 Å². The molecule has 4 nitrogen and oxygen atoms in total. The number of ether oxygens (including phenoxy) is 1. The lowest BCUT2D eigenvalue weighted by molar-refractivity contribution is -0.125. The smallest absolute Gasteiger partial charge is 0.298 e. The summed E-state index contributed by atoms with van der Waals surface area (Å²) in [4.78, 5) is 17.6. The SMILES string of the molecule is CC#CC(=O)N(CCc1c[nH]c2cccc(Br)c12)Cc1ccc(OC)cc1. The van der Waals surface area contributed by atoms with E-state index in [-0.39, 0.29) is 5.91 Å². The number of aromatic amines is 1. The zero-order valence-electron chi connectivity index (χ0n) is 15.4. The van der Waals surface area contributed by atoms with E-state index >= 15 is 0 Å². The number of benzene rings is 2. The van der Waals surface area contributed by atoms with Gasteiger partial charge >= 0.3 is 0 Å². The second-order valence-corrected chi connectivity index (χ2v) is 7.03. The molecule has 3 aromatic rings. The zero-order valence-corrected chi connectivity index (χ0v) is 17.0. The fraction of sp³-hybridized carbons (Fsp3) is 0.227. The maximum Gasteiger partial charge on any atom is 0.298 e. The average molecular weight is 425 g/mol. The van der Waals surface area contributed by atoms with Gasteiger partial charge in [-0.2, -0.15) is 0 Å². The van der Waals surface area contributed by atoms with Crippen LogP contribution in [-0.4, -0.2) is 29.4 Å². The molecule has 0 saturated carbocycles. The molecule has 0 spiro atoms. The number of nitrogens with zero attached hydrogens (tertiary/aromatic N) is 1. The number of fused-ring (bicyclic) bond motifs is 1. The van der Waals surface area contributed by atoms with Gasteiger partial charge in [-0.1, -0.05) is 40.0 Å². The lowest BCUT2D eigenvalue weighted by Gasteiger charge is -2.20. The number of nitrogens with one attached hydrogen (secondary N) is 1. The first-order chi connectivity index (χ1) is 13.1. The standard InChI is InChI=1S/C22H21BrN2O2/c1-3-5-21(26)25(15-16-8-10-18(27-2)11-9-16)13-12-17-14-24-20-7-4-6-19(23)22(17)20/h4,6-11,14,24H,12-13,15H2,1-2H3. The Morgan fingerprint density at radius 3 is 2.70 bits per heavy atom. The van der Waals surface area contributed by atoms with Gasteiger partial charge in [-0.05, 0) is 54.7 Å². The molecule has 1 aromatic heterocycles. The number of carbonyl (C=O) groups excluding carboxylic acids is 1. The van der Waals surface area contributed by atoms with Gasteiger partial charge in [0, 0.05) is 34.7 Å². The van der Waals surface area contributed by atoms with Gasteiger partial charge in [0.1, 0.15) is 5.75 Å². The van der Waals surface area contributed by atoms with Crippen LogP contribution >= 0.6 is 15.9 Å². The Kier molecular flexibility index (Phi) is 6.20. The van der Waals surface area contributed by atoms with Crippen molar-refractivity contribution in [1.82, 2.24) is 9.88 Å². The molecule has 1 N–H and O–H groups in total. The molecule has 1 amide bonds. The van der Waals surface area contributed by atoms with Crippen molar-refractivity contribution in [3.05, 3.63) is 64.3 Å². The molecule has 27 heavy (non-hydrogen) atoms. The number of amides is 1. The van der Waals surface area contributed by atoms with Gasteiger partial charge < -0.3 is 14.6 Å². The second-order valence-electron chi connectivity index (χ2n) is 6.18. The van der Waals surface area contributed by atoms with E-state index in [9.17, 15) is 4.79 Å². The molecule has 0 saturated heterocycles. The number of aromatic nitrogens is 1. The van der Waals surface area contributed by atoms with E-state index in [1.807, 2.05) is 48.7 Å². The summed E-state index contributed by atoms with van der Waals surface area (Å²) in [5.74, 6) is 6.01. The van der Waals surface area contributed by atoms with Gasteiger partial charge in [0.2, 0.25) is 0 Å². The van der Waals surface area contributed by atoms with Crippen molar-refractivity contribution in [2.75, 3.05) is 13.7 Å². The Balaban J connectivity index is 1.78. The van der Waals surface area contributed by atoms with Gasteiger partial charge in [0.05, 0.1) is 7.11 Å². The first kappa shape index (κ1) is 19.1. The van der Waals surface area contributed by atoms with Gasteiger partial charge in [-0.15, -0.1) is 0 Å². The van der Waals surface area contributed by atoms with Gasteiger partial charge in [0.25, 0.3) is 5.91 Å². The van der Waals surface area contributed by atoms with E-state index in [0.717, 1.165) is 33.1 Å². The van der Waals surface area contributed by atoms with Crippen molar-refractivity contribution in [3.63, 3.8) is 0 Å². The van der Waals surface area contributed by atoms with Crippen molar-refractivity contribution in [1.29, 1.82) is 0 Å². The Labute approximate surface area is 167 Å². The fourth-order valence-corrected chi connectivity index (χ4v) is 3.67. The molecule has 0 aliphatic rings. The molecule has 0 aliphatic heterocycles. The molecule has 0 radical (unpaired) electrons. The van der Waals surface area contributed by atoms with E-state index in [4.69, 9.17) is 4.74 Å². The summed E-state index contributed by atoms with van der Waals surface area (Å²) in [6, 6.07) is 13.8. The number of hydrogen-bond donors (Lipinski definition) is 1. The largest absolute Gasteiger partial charge is 0.497 e. The lowest BCUT2D eigenvalue weighted by Crippen LogP contribution is -2.31. The molecule has 1 heterocycles. The van der Waals surface area contributed by atoms with Crippen molar-refractivity contribution in [3.8, 4) is 17.6 Å². The van der Waals surface area contributed by atoms with Crippen LogP contribution in [0.1, 0.15) is 18.1 Å². The van der Waals surface area contributed by atoms with Crippen molar-refractivity contribution in [2.24, 2.45) is 0 Å². The minimum absolute atomic E-state index is 0.160. The van der Waals surface area contributed by atoms with E-state index in [0.29, 0.717) is 13.1 Å². The third-order valence-electron chi connectivity index (χ3n) is 4.44. The molecule has 138 valence electrons. The van der Waals surface area contributed by atoms with E-state index in [2.05, 4.69) is 32.8 Å². The highest BCUT2D eigenvalue weighted by atomic mass is 79.9. The summed E-state index contributed by atoms with van der Waals surface area (Å²) in [5.41, 5.74) is 3.30. The molecule has 5 heteroatoms. The highest BCUT2D eigenvalue weighted by molar-refractivity contribution is 9.10. The Bertz CT molecular complexity index is 997. The van der Waals surface area contributed by atoms with Crippen LogP contribution in [0, 0.1) is 11.8 Å². The predicted octanol–water partition coefficient (Wildman–Crippen LogP) is 4.53. The van der Waals surface area contributed by atoms with Gasteiger partial charge in [-0.25, -0.2) is 0 Å². The molecule has 0 unspecified atom stereocenters. The minimum atomic E-state index is -0.160. The van der Waals surface area contributed by atoms with Crippen LogP contribution in [0.2, 0.25) is 0 Å². The average Bonchev–Trinajstić information content (AvgIpc) is 3.10. The molecule has 2 aromatic carbocycles. The zero-order chi connectivity index (χ0) is 19.2. The van der Waals surface area contributed by atoms with Gasteiger partial charge in [-0.3, -0.25) is 4.79 Å². The lowest BCUT2D eigenvalue weighted by atomic mass is 10.1. The van der Waals surface area contributed by atoms with Crippen LogP contribution in [0.25, 0.3) is 10.9 Å². The number of halogens is 1. The summed E-state index contributed by atoms with van der Waals surface area (Å²) in [6.07, 6.45) is 2.76. The predicted molar refractivity (Wildman–Crippen MR) is 112 cm³/mol. The Hall–Kier alpha value is -2.71. The first-order valence-electron chi connectivity index (χ1n) is 8.71. The molecule has 0 atom stereocenters. The number of carbonyl (C=O) groups is 1. The maximum absolute atomic E-state index is 12.5. The molecular weight excluding hydrogens is 404 g/mol. The first-order valence-corrected chi connectivity index (χ1v) is 9.50. The van der Waals surface area contributed by atoms with E-state index in [1.54, 1.807) is 18.9 Å². The summed E-state index contributed by atoms with van der Waals surface area (Å²) < 4.78 is 6.25. The van der Waals surface area contributed by atoms with Crippen LogP contribution < -0.4 is 4.74 Å². The second kappa shape index (κ2) is 8.79. The van der Waals surface area contributed by atoms with E-state index in [1.165, 1.54) is 5.56 Å². The van der Waals surface area contributed by atoms with Crippen molar-refractivity contribution in [2.45, 2.75) is 19.9 Å². The molecule has 3 rings (SSSR count). The maximum atomic E-state index is 12.5. The number of hydrogen-bond acceptors (Lipinski definition) is 2. The number of methoxy groups -OCH3 is 1. The quantitative estimate of drug-likeness (QED) is 0.590. The monoisotopic (exact) mass is 424 g/mol. The summed E-state index contributed by atoms with van der Waals surface area (Å²) in [5, 5.41) is 1.16. The molecule has 0 aliphatic carbocycles. The fourth-order valence-electron chi connectivity index (χ4n) is 3.05. The molecule has 0 fully saturated rings. The Morgan fingerprint density at radius 2 is 2.00 bits per heavy atom. The third-order valence-corrected chi connectivity index (χ3v) is 5.10. The molecule has 0 bridgehead atoms. The van der Waals surface area contributed by atoms with Crippen molar-refractivity contribution < 1.29 is 9.53 Å². The van der Waals surface area contributed by atoms with E-state index < -0.39 is 0 Å². The summed E-state index contributed by atoms with van der Waals surface area (Å²) >= 11 is 3.62. The third kappa shape index (κ3) is 4.53. The minimum Gasteiger partial charge on any atom is -0.497 e. The van der Waals surface area contributed by atoms with Crippen LogP contribution in [0.5, 0.6) is 5.75 Å². The van der Waals surface area contributed by atoms with Crippen LogP contribution in [-0.2, 0) is 17.8 Å². The Morgan fingerprint density at radius 1 is 1.22 bits per heavy atom. The van der Waals surface area contributed by atoms with Gasteiger partial charge in [0.15, 0.2) is 0 Å². The molecular formula is C22H21BrN2O2. The topological polar surface area (TPSA) is 45.3 Å². The van der Waals surface area contributed by atoms with Crippen LogP contribution in [0.4, 0.5) is 0 Å². The normalized spacial score (nSPS) is 10.3. The highest BCUT2D eigenvalue weighted by Gasteiger charge is 2.14. The highest BCUT2D eigenvalue weighted by Crippen LogP contribution is 2.27. The summed E-state index contributed by atoms with van der Waals surface area (Å²) in [7, 11) is 1.64. The summed E-state index contributed by atoms with van der Waals surface area (Å²) in [6.45, 7) is 2.79. The number of H-pyrrole nitrogens is 1. The van der Waals surface area contributed by atoms with Crippen LogP contribution in [0.3, 0.4) is 0 Å².